The van der Waals surface area contributed by atoms with Gasteiger partial charge in [0.05, 0.1) is 15.6 Å². The topological polar surface area (TPSA) is 35.6 Å². The first-order valence-electron chi connectivity index (χ1n) is 8.31. The third kappa shape index (κ3) is 3.66. The summed E-state index contributed by atoms with van der Waals surface area (Å²) in [5.41, 5.74) is 0.705. The van der Waals surface area contributed by atoms with E-state index in [0.29, 0.717) is 27.0 Å². The summed E-state index contributed by atoms with van der Waals surface area (Å²) in [5, 5.41) is 0.636. The van der Waals surface area contributed by atoms with Gasteiger partial charge in [0, 0.05) is 23.9 Å². The number of pyridine rings is 1. The van der Waals surface area contributed by atoms with Crippen LogP contribution in [0.1, 0.15) is 5.56 Å². The molecule has 4 nitrogen and oxygen atoms in total. The van der Waals surface area contributed by atoms with E-state index >= 15 is 0 Å². The van der Waals surface area contributed by atoms with Crippen LogP contribution in [-0.4, -0.2) is 9.20 Å². The number of nitrogens with zero attached hydrogens (tertiary/aromatic N) is 2. The maximum atomic E-state index is 13.8. The third-order valence-electron chi connectivity index (χ3n) is 4.29. The van der Waals surface area contributed by atoms with Crippen LogP contribution in [0.25, 0.3) is 11.2 Å². The molecule has 4 rings (SSSR count). The zero-order valence-electron chi connectivity index (χ0n) is 14.5. The number of rotatable bonds is 4. The largest absolute Gasteiger partial charge is 0.489 e. The van der Waals surface area contributed by atoms with Gasteiger partial charge in [-0.1, -0.05) is 29.3 Å². The van der Waals surface area contributed by atoms with Gasteiger partial charge in [0.15, 0.2) is 0 Å². The highest BCUT2D eigenvalue weighted by molar-refractivity contribution is 9.10. The molecule has 0 bridgehead atoms. The van der Waals surface area contributed by atoms with Crippen molar-refractivity contribution in [2.45, 2.75) is 6.61 Å². The van der Waals surface area contributed by atoms with Gasteiger partial charge in [-0.05, 0) is 46.3 Å². The van der Waals surface area contributed by atoms with Gasteiger partial charge in [-0.25, -0.2) is 13.5 Å². The van der Waals surface area contributed by atoms with Crippen LogP contribution in [0.5, 0.6) is 5.75 Å². The molecule has 9 heteroatoms. The summed E-state index contributed by atoms with van der Waals surface area (Å²) in [6, 6.07) is 11.5. The van der Waals surface area contributed by atoms with Gasteiger partial charge in [0.1, 0.15) is 34.2 Å². The van der Waals surface area contributed by atoms with Crippen molar-refractivity contribution in [2.24, 2.45) is 0 Å². The zero-order valence-corrected chi connectivity index (χ0v) is 17.6. The summed E-state index contributed by atoms with van der Waals surface area (Å²) in [6.45, 7) is -0.0960. The first-order valence-corrected chi connectivity index (χ1v) is 9.85. The Morgan fingerprint density at radius 2 is 1.76 bits per heavy atom. The molecule has 0 fully saturated rings. The van der Waals surface area contributed by atoms with Gasteiger partial charge in [-0.3, -0.25) is 9.31 Å². The van der Waals surface area contributed by atoms with Gasteiger partial charge >= 0.3 is 0 Å². The fourth-order valence-electron chi connectivity index (χ4n) is 2.90. The number of halogens is 5. The SMILES string of the molecule is O=c1c(Br)c2cc(OCc3ccc(F)cc3F)ccn2n1-c1c(Cl)cccc1Cl. The quantitative estimate of drug-likeness (QED) is 0.344. The van der Waals surface area contributed by atoms with Crippen molar-refractivity contribution in [2.75, 3.05) is 0 Å². The summed E-state index contributed by atoms with van der Waals surface area (Å²) in [4.78, 5) is 12.8. The zero-order chi connectivity index (χ0) is 20.7. The monoisotopic (exact) mass is 498 g/mol. The predicted octanol–water partition coefficient (Wildman–Crippen LogP) is 6.02. The van der Waals surface area contributed by atoms with E-state index in [1.807, 2.05) is 0 Å². The summed E-state index contributed by atoms with van der Waals surface area (Å²) in [6.07, 6.45) is 1.61. The first-order chi connectivity index (χ1) is 13.9. The Morgan fingerprint density at radius 3 is 2.45 bits per heavy atom. The van der Waals surface area contributed by atoms with Crippen LogP contribution < -0.4 is 10.3 Å². The van der Waals surface area contributed by atoms with Crippen LogP contribution in [0.2, 0.25) is 10.0 Å². The second-order valence-corrected chi connectivity index (χ2v) is 7.73. The van der Waals surface area contributed by atoms with Crippen molar-refractivity contribution in [3.8, 4) is 11.4 Å². The van der Waals surface area contributed by atoms with Crippen LogP contribution in [0.3, 0.4) is 0 Å². The Labute approximate surface area is 182 Å². The highest BCUT2D eigenvalue weighted by Gasteiger charge is 2.18. The van der Waals surface area contributed by atoms with E-state index in [0.717, 1.165) is 12.1 Å². The summed E-state index contributed by atoms with van der Waals surface area (Å²) in [7, 11) is 0. The van der Waals surface area contributed by atoms with E-state index in [1.165, 1.54) is 10.7 Å². The Morgan fingerprint density at radius 1 is 1.03 bits per heavy atom. The molecular weight excluding hydrogens is 489 g/mol. The molecule has 0 atom stereocenters. The van der Waals surface area contributed by atoms with Crippen molar-refractivity contribution in [1.29, 1.82) is 0 Å². The second kappa shape index (κ2) is 7.82. The summed E-state index contributed by atoms with van der Waals surface area (Å²) < 4.78 is 35.6. The molecule has 0 unspecified atom stereocenters. The molecule has 0 spiro atoms. The minimum Gasteiger partial charge on any atom is -0.489 e. The van der Waals surface area contributed by atoms with Crippen molar-refractivity contribution >= 4 is 44.6 Å². The van der Waals surface area contributed by atoms with E-state index in [4.69, 9.17) is 27.9 Å². The highest BCUT2D eigenvalue weighted by atomic mass is 79.9. The van der Waals surface area contributed by atoms with Gasteiger partial charge < -0.3 is 4.74 Å². The van der Waals surface area contributed by atoms with Crippen molar-refractivity contribution in [1.82, 2.24) is 9.20 Å². The van der Waals surface area contributed by atoms with Gasteiger partial charge in [-0.2, -0.15) is 0 Å². The van der Waals surface area contributed by atoms with Gasteiger partial charge in [0.25, 0.3) is 5.56 Å². The Kier molecular flexibility index (Phi) is 5.38. The molecule has 2 aromatic carbocycles. The van der Waals surface area contributed by atoms with Crippen LogP contribution in [-0.2, 0) is 6.61 Å². The van der Waals surface area contributed by atoms with Gasteiger partial charge in [-0.15, -0.1) is 0 Å². The lowest BCUT2D eigenvalue weighted by atomic mass is 10.2. The van der Waals surface area contributed by atoms with E-state index in [9.17, 15) is 13.6 Å². The lowest BCUT2D eigenvalue weighted by molar-refractivity contribution is 0.299. The molecule has 0 saturated heterocycles. The van der Waals surface area contributed by atoms with Crippen LogP contribution in [0, 0.1) is 11.6 Å². The highest BCUT2D eigenvalue weighted by Crippen LogP contribution is 2.30. The van der Waals surface area contributed by atoms with Crippen LogP contribution >= 0.6 is 39.1 Å². The Hall–Kier alpha value is -2.35. The minimum absolute atomic E-state index is 0.0960. The molecule has 2 heterocycles. The Balaban J connectivity index is 1.74. The molecule has 0 aliphatic rings. The van der Waals surface area contributed by atoms with E-state index < -0.39 is 11.6 Å². The predicted molar refractivity (Wildman–Crippen MR) is 111 cm³/mol. The lowest BCUT2D eigenvalue weighted by Crippen LogP contribution is -2.18. The van der Waals surface area contributed by atoms with E-state index in [-0.39, 0.29) is 22.2 Å². The van der Waals surface area contributed by atoms with Crippen LogP contribution in [0.15, 0.2) is 64.0 Å². The van der Waals surface area contributed by atoms with E-state index in [2.05, 4.69) is 15.9 Å². The number of aromatic nitrogens is 2. The number of hydrogen-bond acceptors (Lipinski definition) is 2. The molecule has 148 valence electrons. The fraction of sp³-hybridized carbons (Fsp3) is 0.0500. The maximum Gasteiger partial charge on any atom is 0.286 e. The van der Waals surface area contributed by atoms with Crippen molar-refractivity contribution in [3.63, 3.8) is 0 Å². The molecule has 0 aliphatic carbocycles. The third-order valence-corrected chi connectivity index (χ3v) is 5.64. The number of hydrogen-bond donors (Lipinski definition) is 0. The number of fused-ring (bicyclic) bond motifs is 1. The summed E-state index contributed by atoms with van der Waals surface area (Å²) in [5.74, 6) is -0.949. The fourth-order valence-corrected chi connectivity index (χ4v) is 3.92. The molecule has 0 saturated carbocycles. The molecule has 4 aromatic rings. The molecule has 0 N–H and O–H groups in total. The average molecular weight is 500 g/mol. The minimum atomic E-state index is -0.692. The van der Waals surface area contributed by atoms with E-state index in [1.54, 1.807) is 41.0 Å². The van der Waals surface area contributed by atoms with Crippen molar-refractivity contribution in [3.05, 3.63) is 96.8 Å². The molecule has 0 amide bonds. The lowest BCUT2D eigenvalue weighted by Gasteiger charge is -2.11. The molecule has 0 aliphatic heterocycles. The number of para-hydroxylation sites is 1. The Bertz CT molecular complexity index is 1280. The van der Waals surface area contributed by atoms with Crippen molar-refractivity contribution < 1.29 is 13.5 Å². The smallest absolute Gasteiger partial charge is 0.286 e. The number of ether oxygens (including phenoxy) is 1. The normalized spacial score (nSPS) is 11.2. The number of benzene rings is 2. The second-order valence-electron chi connectivity index (χ2n) is 6.12. The standard InChI is InChI=1S/C20H11BrCl2F2N2O2/c21-18-17-9-13(29-10-11-4-5-12(24)8-16(11)25)6-7-26(17)27(20(18)28)19-14(22)2-1-3-15(19)23/h1-9H,10H2. The molecule has 29 heavy (non-hydrogen) atoms. The summed E-state index contributed by atoms with van der Waals surface area (Å²) >= 11 is 15.8. The molecular formula is C20H11BrCl2F2N2O2. The first kappa shape index (κ1) is 19.9. The van der Waals surface area contributed by atoms with Gasteiger partial charge in [0.2, 0.25) is 0 Å². The molecule has 2 aromatic heterocycles. The van der Waals surface area contributed by atoms with Crippen LogP contribution in [0.4, 0.5) is 8.78 Å². The average Bonchev–Trinajstić information content (AvgIpc) is 2.92. The maximum absolute atomic E-state index is 13.8. The molecule has 0 radical (unpaired) electrons.